The number of Topliss-reactive ketones (excluding diaryl/α,β-unsaturated/α-hetero) is 1. The molecule has 21 heavy (non-hydrogen) atoms. The number of ketones is 1. The molecule has 4 heteroatoms. The van der Waals surface area contributed by atoms with Crippen LogP contribution in [0.2, 0.25) is 0 Å². The number of ether oxygens (including phenoxy) is 1. The van der Waals surface area contributed by atoms with Crippen LogP contribution < -0.4 is 10.1 Å². The standard InChI is InChI=1S/C17H21NO3/c19-16-9-7-13-6-8-14(10-15(13)16)21-17(20)18-11-12-4-2-1-3-5-12/h6,8,10,12H,1-5,7,9,11H2,(H,18,20). The van der Waals surface area contributed by atoms with Crippen molar-refractivity contribution in [2.75, 3.05) is 6.54 Å². The van der Waals surface area contributed by atoms with Gasteiger partial charge in [0, 0.05) is 18.5 Å². The van der Waals surface area contributed by atoms with Gasteiger partial charge in [0.1, 0.15) is 5.75 Å². The van der Waals surface area contributed by atoms with Gasteiger partial charge in [0.15, 0.2) is 5.78 Å². The van der Waals surface area contributed by atoms with Crippen molar-refractivity contribution in [3.63, 3.8) is 0 Å². The lowest BCUT2D eigenvalue weighted by Gasteiger charge is -2.21. The Morgan fingerprint density at radius 3 is 2.81 bits per heavy atom. The molecule has 1 aromatic rings. The van der Waals surface area contributed by atoms with E-state index in [0.717, 1.165) is 12.0 Å². The second kappa shape index (κ2) is 6.29. The highest BCUT2D eigenvalue weighted by Gasteiger charge is 2.20. The highest BCUT2D eigenvalue weighted by molar-refractivity contribution is 6.00. The van der Waals surface area contributed by atoms with Crippen molar-refractivity contribution in [3.8, 4) is 5.75 Å². The van der Waals surface area contributed by atoms with Gasteiger partial charge in [0.2, 0.25) is 0 Å². The van der Waals surface area contributed by atoms with Gasteiger partial charge in [0.25, 0.3) is 0 Å². The smallest absolute Gasteiger partial charge is 0.410 e. The van der Waals surface area contributed by atoms with Crippen molar-refractivity contribution in [3.05, 3.63) is 29.3 Å². The fraction of sp³-hybridized carbons (Fsp3) is 0.529. The third-order valence-electron chi connectivity index (χ3n) is 4.47. The third-order valence-corrected chi connectivity index (χ3v) is 4.47. The van der Waals surface area contributed by atoms with E-state index in [9.17, 15) is 9.59 Å². The number of rotatable bonds is 3. The number of nitrogens with one attached hydrogen (secondary N) is 1. The van der Waals surface area contributed by atoms with Crippen LogP contribution in [-0.2, 0) is 6.42 Å². The second-order valence-corrected chi connectivity index (χ2v) is 6.02. The zero-order chi connectivity index (χ0) is 14.7. The highest BCUT2D eigenvalue weighted by atomic mass is 16.6. The summed E-state index contributed by atoms with van der Waals surface area (Å²) in [5.74, 6) is 1.16. The summed E-state index contributed by atoms with van der Waals surface area (Å²) >= 11 is 0. The molecule has 1 fully saturated rings. The molecule has 0 aliphatic heterocycles. The van der Waals surface area contributed by atoms with Crippen LogP contribution in [-0.4, -0.2) is 18.4 Å². The SMILES string of the molecule is O=C(NCC1CCCCC1)Oc1ccc2c(c1)C(=O)CC2. The van der Waals surface area contributed by atoms with Gasteiger partial charge in [-0.15, -0.1) is 0 Å². The van der Waals surface area contributed by atoms with Gasteiger partial charge in [-0.25, -0.2) is 4.79 Å². The summed E-state index contributed by atoms with van der Waals surface area (Å²) in [6, 6.07) is 5.33. The van der Waals surface area contributed by atoms with Crippen molar-refractivity contribution in [2.24, 2.45) is 5.92 Å². The Morgan fingerprint density at radius 1 is 1.19 bits per heavy atom. The molecule has 1 aromatic carbocycles. The summed E-state index contributed by atoms with van der Waals surface area (Å²) in [4.78, 5) is 23.5. The van der Waals surface area contributed by atoms with E-state index in [0.29, 0.717) is 30.2 Å². The lowest BCUT2D eigenvalue weighted by atomic mass is 9.89. The molecule has 3 rings (SSSR count). The first kappa shape index (κ1) is 14.1. The van der Waals surface area contributed by atoms with Crippen LogP contribution >= 0.6 is 0 Å². The van der Waals surface area contributed by atoms with E-state index in [2.05, 4.69) is 5.32 Å². The molecular formula is C17H21NO3. The van der Waals surface area contributed by atoms with Crippen molar-refractivity contribution >= 4 is 11.9 Å². The van der Waals surface area contributed by atoms with E-state index in [1.54, 1.807) is 12.1 Å². The Balaban J connectivity index is 1.53. The molecule has 0 saturated heterocycles. The molecule has 0 radical (unpaired) electrons. The fourth-order valence-corrected chi connectivity index (χ4v) is 3.24. The molecule has 2 aliphatic rings. The largest absolute Gasteiger partial charge is 0.412 e. The van der Waals surface area contributed by atoms with Gasteiger partial charge < -0.3 is 10.1 Å². The van der Waals surface area contributed by atoms with Crippen LogP contribution in [0.25, 0.3) is 0 Å². The molecule has 0 unspecified atom stereocenters. The number of benzene rings is 1. The minimum absolute atomic E-state index is 0.137. The van der Waals surface area contributed by atoms with Gasteiger partial charge in [0.05, 0.1) is 0 Å². The van der Waals surface area contributed by atoms with Crippen molar-refractivity contribution in [1.29, 1.82) is 0 Å². The Hall–Kier alpha value is -1.84. The number of hydrogen-bond donors (Lipinski definition) is 1. The van der Waals surface area contributed by atoms with Gasteiger partial charge in [-0.2, -0.15) is 0 Å². The Labute approximate surface area is 124 Å². The first-order valence-electron chi connectivity index (χ1n) is 7.84. The van der Waals surface area contributed by atoms with Crippen LogP contribution in [0.5, 0.6) is 5.75 Å². The van der Waals surface area contributed by atoms with Gasteiger partial charge in [-0.05, 0) is 42.9 Å². The van der Waals surface area contributed by atoms with E-state index in [1.807, 2.05) is 6.07 Å². The Bertz CT molecular complexity index is 547. The maximum atomic E-state index is 11.8. The minimum Gasteiger partial charge on any atom is -0.410 e. The Kier molecular flexibility index (Phi) is 4.23. The fourth-order valence-electron chi connectivity index (χ4n) is 3.24. The number of aryl methyl sites for hydroxylation is 1. The molecule has 0 heterocycles. The number of fused-ring (bicyclic) bond motifs is 1. The summed E-state index contributed by atoms with van der Waals surface area (Å²) in [5.41, 5.74) is 1.75. The van der Waals surface area contributed by atoms with E-state index >= 15 is 0 Å². The molecule has 1 saturated carbocycles. The molecule has 2 aliphatic carbocycles. The molecule has 1 amide bonds. The third kappa shape index (κ3) is 3.43. The number of carbonyl (C=O) groups is 2. The molecule has 0 spiro atoms. The summed E-state index contributed by atoms with van der Waals surface area (Å²) in [6.45, 7) is 0.683. The van der Waals surface area contributed by atoms with Gasteiger partial charge in [-0.1, -0.05) is 25.3 Å². The number of carbonyl (C=O) groups excluding carboxylic acids is 2. The van der Waals surface area contributed by atoms with Gasteiger partial charge in [-0.3, -0.25) is 4.79 Å². The quantitative estimate of drug-likeness (QED) is 0.926. The summed E-state index contributed by atoms with van der Waals surface area (Å²) in [5, 5.41) is 2.83. The van der Waals surface area contributed by atoms with Crippen LogP contribution in [0.3, 0.4) is 0 Å². The number of hydrogen-bond acceptors (Lipinski definition) is 3. The van der Waals surface area contributed by atoms with Crippen molar-refractivity contribution in [2.45, 2.75) is 44.9 Å². The van der Waals surface area contributed by atoms with Gasteiger partial charge >= 0.3 is 6.09 Å². The maximum absolute atomic E-state index is 11.8. The molecular weight excluding hydrogens is 266 g/mol. The maximum Gasteiger partial charge on any atom is 0.412 e. The summed E-state index contributed by atoms with van der Waals surface area (Å²) in [6.07, 6.45) is 7.13. The molecule has 1 N–H and O–H groups in total. The lowest BCUT2D eigenvalue weighted by molar-refractivity contribution is 0.0994. The molecule has 0 bridgehead atoms. The summed E-state index contributed by atoms with van der Waals surface area (Å²) in [7, 11) is 0. The first-order valence-corrected chi connectivity index (χ1v) is 7.84. The topological polar surface area (TPSA) is 55.4 Å². The Morgan fingerprint density at radius 2 is 2.00 bits per heavy atom. The predicted octanol–water partition coefficient (Wildman–Crippen LogP) is 3.48. The average molecular weight is 287 g/mol. The highest BCUT2D eigenvalue weighted by Crippen LogP contribution is 2.26. The van der Waals surface area contributed by atoms with Crippen LogP contribution in [0.1, 0.15) is 54.4 Å². The first-order chi connectivity index (χ1) is 10.2. The molecule has 4 nitrogen and oxygen atoms in total. The van der Waals surface area contributed by atoms with E-state index in [-0.39, 0.29) is 5.78 Å². The van der Waals surface area contributed by atoms with Crippen molar-refractivity contribution < 1.29 is 14.3 Å². The van der Waals surface area contributed by atoms with Crippen LogP contribution in [0.15, 0.2) is 18.2 Å². The van der Waals surface area contributed by atoms with Crippen LogP contribution in [0.4, 0.5) is 4.79 Å². The second-order valence-electron chi connectivity index (χ2n) is 6.02. The summed E-state index contributed by atoms with van der Waals surface area (Å²) < 4.78 is 5.28. The van der Waals surface area contributed by atoms with Crippen LogP contribution in [0, 0.1) is 5.92 Å². The molecule has 0 atom stereocenters. The monoisotopic (exact) mass is 287 g/mol. The number of amides is 1. The molecule has 112 valence electrons. The average Bonchev–Trinajstić information content (AvgIpc) is 2.87. The lowest BCUT2D eigenvalue weighted by Crippen LogP contribution is -2.32. The van der Waals surface area contributed by atoms with Crippen molar-refractivity contribution in [1.82, 2.24) is 5.32 Å². The zero-order valence-corrected chi connectivity index (χ0v) is 12.2. The van der Waals surface area contributed by atoms with E-state index in [1.165, 1.54) is 32.1 Å². The normalized spacial score (nSPS) is 18.4. The minimum atomic E-state index is -0.425. The predicted molar refractivity (Wildman–Crippen MR) is 79.7 cm³/mol. The van der Waals surface area contributed by atoms with E-state index in [4.69, 9.17) is 4.74 Å². The molecule has 0 aromatic heterocycles. The zero-order valence-electron chi connectivity index (χ0n) is 12.2. The van der Waals surface area contributed by atoms with E-state index < -0.39 is 6.09 Å².